The Morgan fingerprint density at radius 2 is 1.87 bits per heavy atom. The van der Waals surface area contributed by atoms with Crippen molar-refractivity contribution in [2.75, 3.05) is 5.32 Å². The number of nitrogens with zero attached hydrogens (tertiary/aromatic N) is 2. The topological polar surface area (TPSA) is 101 Å². The van der Waals surface area contributed by atoms with E-state index in [-0.39, 0.29) is 12.5 Å². The minimum atomic E-state index is -0.843. The molecule has 0 fully saturated rings. The normalized spacial score (nSPS) is 11.8. The zero-order valence-electron chi connectivity index (χ0n) is 17.0. The van der Waals surface area contributed by atoms with Gasteiger partial charge in [0.1, 0.15) is 12.6 Å². The van der Waals surface area contributed by atoms with Crippen LogP contribution in [0.25, 0.3) is 10.9 Å². The molecule has 158 valence electrons. The number of aromatic nitrogens is 3. The van der Waals surface area contributed by atoms with E-state index < -0.39 is 12.1 Å². The maximum absolute atomic E-state index is 13.0. The fourth-order valence-electron chi connectivity index (χ4n) is 3.33. The summed E-state index contributed by atoms with van der Waals surface area (Å²) in [6.07, 6.45) is 3.21. The molecule has 4 rings (SSSR count). The van der Waals surface area contributed by atoms with E-state index >= 15 is 0 Å². The Bertz CT molecular complexity index is 1180. The lowest BCUT2D eigenvalue weighted by Crippen LogP contribution is -2.45. The van der Waals surface area contributed by atoms with Crippen molar-refractivity contribution in [2.24, 2.45) is 7.05 Å². The molecule has 2 heterocycles. The molecule has 2 aromatic heterocycles. The minimum absolute atomic E-state index is 0.119. The smallest absolute Gasteiger partial charge is 0.408 e. The van der Waals surface area contributed by atoms with E-state index in [1.807, 2.05) is 60.8 Å². The second-order valence-corrected chi connectivity index (χ2v) is 7.19. The maximum Gasteiger partial charge on any atom is 0.408 e. The van der Waals surface area contributed by atoms with E-state index in [9.17, 15) is 9.59 Å². The van der Waals surface area contributed by atoms with E-state index in [4.69, 9.17) is 4.74 Å². The van der Waals surface area contributed by atoms with Gasteiger partial charge in [0.05, 0.1) is 0 Å². The van der Waals surface area contributed by atoms with Crippen molar-refractivity contribution >= 4 is 28.7 Å². The van der Waals surface area contributed by atoms with Gasteiger partial charge in [-0.3, -0.25) is 9.48 Å². The molecule has 4 aromatic rings. The van der Waals surface area contributed by atoms with E-state index in [0.717, 1.165) is 22.0 Å². The first kappa shape index (κ1) is 20.2. The summed E-state index contributed by atoms with van der Waals surface area (Å²) in [5.74, 6) is 0.0384. The molecule has 1 atom stereocenters. The van der Waals surface area contributed by atoms with Gasteiger partial charge in [0.25, 0.3) is 0 Å². The molecule has 3 N–H and O–H groups in total. The standard InChI is InChI=1S/C23H23N5O3/c1-28-12-11-21(27-28)26-22(29)20(13-17-14-24-19-10-6-5-9-18(17)19)25-23(30)31-15-16-7-3-2-4-8-16/h2-12,14,20,24H,13,15H2,1H3,(H,25,30)(H,26,27,29)/t20-/m1/s1. The second-order valence-electron chi connectivity index (χ2n) is 7.19. The predicted molar refractivity (Wildman–Crippen MR) is 117 cm³/mol. The summed E-state index contributed by atoms with van der Waals surface area (Å²) in [4.78, 5) is 28.6. The third kappa shape index (κ3) is 5.11. The monoisotopic (exact) mass is 417 g/mol. The van der Waals surface area contributed by atoms with Crippen LogP contribution in [0.1, 0.15) is 11.1 Å². The molecule has 2 amide bonds. The molecule has 2 aromatic carbocycles. The molecule has 0 spiro atoms. The summed E-state index contributed by atoms with van der Waals surface area (Å²) < 4.78 is 6.90. The van der Waals surface area contributed by atoms with Gasteiger partial charge in [-0.25, -0.2) is 4.79 Å². The Morgan fingerprint density at radius 3 is 2.65 bits per heavy atom. The number of nitrogens with one attached hydrogen (secondary N) is 3. The highest BCUT2D eigenvalue weighted by atomic mass is 16.5. The van der Waals surface area contributed by atoms with Gasteiger partial charge in [0.2, 0.25) is 5.91 Å². The third-order valence-corrected chi connectivity index (χ3v) is 4.89. The largest absolute Gasteiger partial charge is 0.445 e. The lowest BCUT2D eigenvalue weighted by Gasteiger charge is -2.17. The fraction of sp³-hybridized carbons (Fsp3) is 0.174. The second kappa shape index (κ2) is 9.17. The molecule has 0 saturated heterocycles. The van der Waals surface area contributed by atoms with Crippen LogP contribution < -0.4 is 10.6 Å². The number of benzene rings is 2. The van der Waals surface area contributed by atoms with Crippen LogP contribution in [0.4, 0.5) is 10.6 Å². The van der Waals surface area contributed by atoms with Crippen molar-refractivity contribution in [3.8, 4) is 0 Å². The van der Waals surface area contributed by atoms with Gasteiger partial charge in [-0.05, 0) is 17.2 Å². The summed E-state index contributed by atoms with van der Waals surface area (Å²) in [6, 6.07) is 18.0. The summed E-state index contributed by atoms with van der Waals surface area (Å²) in [5, 5.41) is 10.6. The SMILES string of the molecule is Cn1ccc(NC(=O)[C@@H](Cc2c[nH]c3ccccc23)NC(=O)OCc2ccccc2)n1. The molecule has 0 unspecified atom stereocenters. The van der Waals surface area contributed by atoms with Crippen LogP contribution in [0.3, 0.4) is 0 Å². The quantitative estimate of drug-likeness (QED) is 0.429. The third-order valence-electron chi connectivity index (χ3n) is 4.89. The predicted octanol–water partition coefficient (Wildman–Crippen LogP) is 3.38. The first-order valence-electron chi connectivity index (χ1n) is 9.91. The zero-order chi connectivity index (χ0) is 21.6. The number of alkyl carbamates (subject to hydrolysis) is 1. The fourth-order valence-corrected chi connectivity index (χ4v) is 3.33. The van der Waals surface area contributed by atoms with Crippen LogP contribution in [-0.2, 0) is 29.6 Å². The molecular formula is C23H23N5O3. The van der Waals surface area contributed by atoms with Crippen LogP contribution in [0, 0.1) is 0 Å². The molecule has 8 nitrogen and oxygen atoms in total. The Morgan fingerprint density at radius 1 is 1.10 bits per heavy atom. The summed E-state index contributed by atoms with van der Waals surface area (Å²) in [7, 11) is 1.76. The number of rotatable bonds is 7. The zero-order valence-corrected chi connectivity index (χ0v) is 17.0. The lowest BCUT2D eigenvalue weighted by molar-refractivity contribution is -0.118. The Hall–Kier alpha value is -4.07. The average Bonchev–Trinajstić information content (AvgIpc) is 3.38. The number of ether oxygens (including phenoxy) is 1. The lowest BCUT2D eigenvalue weighted by atomic mass is 10.0. The molecule has 0 aliphatic rings. The summed E-state index contributed by atoms with van der Waals surface area (Å²) in [6.45, 7) is 0.119. The number of anilines is 1. The van der Waals surface area contributed by atoms with Crippen molar-refractivity contribution in [3.63, 3.8) is 0 Å². The highest BCUT2D eigenvalue weighted by Gasteiger charge is 2.24. The van der Waals surface area contributed by atoms with Crippen molar-refractivity contribution in [2.45, 2.75) is 19.1 Å². The number of carbonyl (C=O) groups excluding carboxylic acids is 2. The number of H-pyrrole nitrogens is 1. The Balaban J connectivity index is 1.48. The van der Waals surface area contributed by atoms with Crippen LogP contribution >= 0.6 is 0 Å². The van der Waals surface area contributed by atoms with Gasteiger partial charge in [-0.1, -0.05) is 48.5 Å². The van der Waals surface area contributed by atoms with Crippen molar-refractivity contribution in [1.29, 1.82) is 0 Å². The highest BCUT2D eigenvalue weighted by Crippen LogP contribution is 2.19. The van der Waals surface area contributed by atoms with Gasteiger partial charge < -0.3 is 20.4 Å². The molecule has 0 aliphatic heterocycles. The van der Waals surface area contributed by atoms with Crippen molar-refractivity contribution in [1.82, 2.24) is 20.1 Å². The maximum atomic E-state index is 13.0. The molecule has 0 radical (unpaired) electrons. The van der Waals surface area contributed by atoms with E-state index in [1.54, 1.807) is 24.0 Å². The highest BCUT2D eigenvalue weighted by molar-refractivity contribution is 5.96. The van der Waals surface area contributed by atoms with Crippen molar-refractivity contribution < 1.29 is 14.3 Å². The first-order valence-corrected chi connectivity index (χ1v) is 9.91. The van der Waals surface area contributed by atoms with Crippen LogP contribution in [-0.4, -0.2) is 32.8 Å². The molecule has 0 aliphatic carbocycles. The number of aromatic amines is 1. The van der Waals surface area contributed by atoms with Gasteiger partial charge in [0, 0.05) is 42.8 Å². The molecular weight excluding hydrogens is 394 g/mol. The summed E-state index contributed by atoms with van der Waals surface area (Å²) >= 11 is 0. The first-order chi connectivity index (χ1) is 15.1. The van der Waals surface area contributed by atoms with Crippen molar-refractivity contribution in [3.05, 3.63) is 84.2 Å². The molecule has 0 bridgehead atoms. The van der Waals surface area contributed by atoms with Gasteiger partial charge >= 0.3 is 6.09 Å². The van der Waals surface area contributed by atoms with Gasteiger partial charge in [0.15, 0.2) is 5.82 Å². The number of hydrogen-bond donors (Lipinski definition) is 3. The summed E-state index contributed by atoms with van der Waals surface area (Å²) in [5.41, 5.74) is 2.75. The van der Waals surface area contributed by atoms with E-state index in [0.29, 0.717) is 12.2 Å². The van der Waals surface area contributed by atoms with Gasteiger partial charge in [-0.15, -0.1) is 0 Å². The van der Waals surface area contributed by atoms with Crippen LogP contribution in [0.2, 0.25) is 0 Å². The number of carbonyl (C=O) groups is 2. The Kier molecular flexibility index (Phi) is 5.98. The Labute approximate surface area is 179 Å². The van der Waals surface area contributed by atoms with Crippen LogP contribution in [0.15, 0.2) is 73.1 Å². The number of amides is 2. The minimum Gasteiger partial charge on any atom is -0.445 e. The molecule has 0 saturated carbocycles. The number of aryl methyl sites for hydroxylation is 1. The van der Waals surface area contributed by atoms with E-state index in [2.05, 4.69) is 20.7 Å². The molecule has 31 heavy (non-hydrogen) atoms. The molecule has 8 heteroatoms. The number of hydrogen-bond acceptors (Lipinski definition) is 4. The van der Waals surface area contributed by atoms with Crippen LogP contribution in [0.5, 0.6) is 0 Å². The number of para-hydroxylation sites is 1. The number of fused-ring (bicyclic) bond motifs is 1. The van der Waals surface area contributed by atoms with E-state index in [1.165, 1.54) is 0 Å². The average molecular weight is 417 g/mol. The van der Waals surface area contributed by atoms with Gasteiger partial charge in [-0.2, -0.15) is 5.10 Å².